The van der Waals surface area contributed by atoms with Gasteiger partial charge in [-0.25, -0.2) is 4.98 Å². The summed E-state index contributed by atoms with van der Waals surface area (Å²) < 4.78 is 0. The van der Waals surface area contributed by atoms with E-state index in [9.17, 15) is 9.59 Å². The Morgan fingerprint density at radius 1 is 1.47 bits per heavy atom. The number of aromatic nitrogens is 1. The van der Waals surface area contributed by atoms with Gasteiger partial charge in [0.15, 0.2) is 5.13 Å². The van der Waals surface area contributed by atoms with E-state index >= 15 is 0 Å². The number of carbonyl (C=O) groups is 2. The Labute approximate surface area is 90.5 Å². The molecular weight excluding hydrogens is 216 g/mol. The fourth-order valence-corrected chi connectivity index (χ4v) is 1.76. The molecule has 0 fully saturated rings. The van der Waals surface area contributed by atoms with Gasteiger partial charge >= 0.3 is 0 Å². The second-order valence-corrected chi connectivity index (χ2v) is 4.04. The molecule has 1 heterocycles. The number of carbonyl (C=O) groups excluding carboxylic acids is 2. The number of nitrogen functional groups attached to an aromatic ring is 1. The molecule has 1 aromatic heterocycles. The van der Waals surface area contributed by atoms with Crippen molar-refractivity contribution in [3.05, 3.63) is 11.1 Å². The lowest BCUT2D eigenvalue weighted by Crippen LogP contribution is -2.29. The summed E-state index contributed by atoms with van der Waals surface area (Å²) in [5.41, 5.74) is 16.2. The molecule has 0 radical (unpaired) electrons. The van der Waals surface area contributed by atoms with Gasteiger partial charge in [0.05, 0.1) is 11.6 Å². The number of amides is 2. The summed E-state index contributed by atoms with van der Waals surface area (Å²) in [7, 11) is 0. The molecule has 15 heavy (non-hydrogen) atoms. The molecule has 0 aliphatic rings. The van der Waals surface area contributed by atoms with Crippen LogP contribution >= 0.6 is 11.3 Å². The summed E-state index contributed by atoms with van der Waals surface area (Å²) >= 11 is 1.28. The fraction of sp³-hybridized carbons (Fsp3) is 0.375. The molecule has 0 saturated carbocycles. The third-order valence-corrected chi connectivity index (χ3v) is 2.60. The van der Waals surface area contributed by atoms with Gasteiger partial charge in [0.1, 0.15) is 0 Å². The molecule has 1 unspecified atom stereocenters. The molecule has 0 aliphatic heterocycles. The molecule has 1 rings (SSSR count). The minimum atomic E-state index is -0.607. The zero-order chi connectivity index (χ0) is 11.4. The smallest absolute Gasteiger partial charge is 0.221 e. The van der Waals surface area contributed by atoms with Crippen LogP contribution in [0.15, 0.2) is 5.38 Å². The first-order valence-corrected chi connectivity index (χ1v) is 5.14. The van der Waals surface area contributed by atoms with E-state index in [1.165, 1.54) is 11.3 Å². The number of anilines is 1. The predicted molar refractivity (Wildman–Crippen MR) is 56.7 cm³/mol. The molecule has 6 nitrogen and oxygen atoms in total. The van der Waals surface area contributed by atoms with Crippen LogP contribution < -0.4 is 17.2 Å². The van der Waals surface area contributed by atoms with Gasteiger partial charge in [0.2, 0.25) is 11.8 Å². The van der Waals surface area contributed by atoms with E-state index in [-0.39, 0.29) is 6.42 Å². The van der Waals surface area contributed by atoms with Crippen molar-refractivity contribution in [3.8, 4) is 0 Å². The summed E-state index contributed by atoms with van der Waals surface area (Å²) in [6, 6.07) is 0. The number of thiazole rings is 1. The monoisotopic (exact) mass is 228 g/mol. The van der Waals surface area contributed by atoms with Crippen LogP contribution in [0.4, 0.5) is 5.13 Å². The van der Waals surface area contributed by atoms with Crippen molar-refractivity contribution < 1.29 is 9.59 Å². The van der Waals surface area contributed by atoms with Crippen LogP contribution in [0, 0.1) is 5.92 Å². The van der Waals surface area contributed by atoms with E-state index < -0.39 is 17.7 Å². The maximum atomic E-state index is 11.0. The van der Waals surface area contributed by atoms with E-state index in [0.29, 0.717) is 17.2 Å². The van der Waals surface area contributed by atoms with E-state index in [1.807, 2.05) is 0 Å². The number of nitrogens with two attached hydrogens (primary N) is 3. The Kier molecular flexibility index (Phi) is 3.62. The minimum absolute atomic E-state index is 0.0627. The van der Waals surface area contributed by atoms with E-state index in [2.05, 4.69) is 4.98 Å². The van der Waals surface area contributed by atoms with Gasteiger partial charge < -0.3 is 17.2 Å². The Hall–Kier alpha value is -1.63. The second-order valence-electron chi connectivity index (χ2n) is 3.15. The molecule has 0 saturated heterocycles. The minimum Gasteiger partial charge on any atom is -0.375 e. The van der Waals surface area contributed by atoms with Crippen molar-refractivity contribution in [2.24, 2.45) is 17.4 Å². The molecule has 0 aromatic carbocycles. The van der Waals surface area contributed by atoms with Gasteiger partial charge in [-0.05, 0) is 0 Å². The standard InChI is InChI=1S/C8H12N4O2S/c9-6(13)2-4(7(10)14)1-5-3-15-8(11)12-5/h3-4H,1-2H2,(H2,9,13)(H2,10,14)(H2,11,12). The van der Waals surface area contributed by atoms with Crippen molar-refractivity contribution in [3.63, 3.8) is 0 Å². The van der Waals surface area contributed by atoms with Crippen molar-refractivity contribution >= 4 is 28.3 Å². The lowest BCUT2D eigenvalue weighted by molar-refractivity contribution is -0.126. The highest BCUT2D eigenvalue weighted by molar-refractivity contribution is 7.13. The maximum Gasteiger partial charge on any atom is 0.221 e. The summed E-state index contributed by atoms with van der Waals surface area (Å²) in [4.78, 5) is 25.7. The summed E-state index contributed by atoms with van der Waals surface area (Å²) in [6.45, 7) is 0. The van der Waals surface area contributed by atoms with Crippen molar-refractivity contribution in [2.45, 2.75) is 12.8 Å². The van der Waals surface area contributed by atoms with Crippen molar-refractivity contribution in [1.82, 2.24) is 4.98 Å². The van der Waals surface area contributed by atoms with Crippen molar-refractivity contribution in [1.29, 1.82) is 0 Å². The van der Waals surface area contributed by atoms with E-state index in [1.54, 1.807) is 5.38 Å². The Bertz CT molecular complexity index is 376. The molecule has 1 aromatic rings. The largest absolute Gasteiger partial charge is 0.375 e. The maximum absolute atomic E-state index is 11.0. The highest BCUT2D eigenvalue weighted by atomic mass is 32.1. The average Bonchev–Trinajstić information content (AvgIpc) is 2.49. The summed E-state index contributed by atoms with van der Waals surface area (Å²) in [6.07, 6.45) is 0.235. The zero-order valence-electron chi connectivity index (χ0n) is 7.97. The van der Waals surface area contributed by atoms with Crippen molar-refractivity contribution in [2.75, 3.05) is 5.73 Å². The topological polar surface area (TPSA) is 125 Å². The molecule has 1 atom stereocenters. The molecule has 7 heteroatoms. The SMILES string of the molecule is NC(=O)CC(Cc1csc(N)n1)C(N)=O. The highest BCUT2D eigenvalue weighted by Crippen LogP contribution is 2.16. The highest BCUT2D eigenvalue weighted by Gasteiger charge is 2.19. The lowest BCUT2D eigenvalue weighted by atomic mass is 9.99. The molecule has 0 spiro atoms. The summed E-state index contributed by atoms with van der Waals surface area (Å²) in [5.74, 6) is -1.72. The first kappa shape index (κ1) is 11.4. The van der Waals surface area contributed by atoms with Crippen LogP contribution in [0.3, 0.4) is 0 Å². The van der Waals surface area contributed by atoms with Crippen LogP contribution in [0.25, 0.3) is 0 Å². The second kappa shape index (κ2) is 4.74. The molecule has 0 aliphatic carbocycles. The Balaban J connectivity index is 2.66. The molecule has 82 valence electrons. The molecular formula is C8H12N4O2S. The number of nitrogens with zero attached hydrogens (tertiary/aromatic N) is 1. The molecule has 2 amide bonds. The van der Waals surface area contributed by atoms with Gasteiger partial charge in [-0.15, -0.1) is 11.3 Å². The van der Waals surface area contributed by atoms with Gasteiger partial charge in [0.25, 0.3) is 0 Å². The molecule has 6 N–H and O–H groups in total. The predicted octanol–water partition coefficient (Wildman–Crippen LogP) is -0.755. The first-order chi connectivity index (χ1) is 6.99. The van der Waals surface area contributed by atoms with Crippen LogP contribution in [0.5, 0.6) is 0 Å². The van der Waals surface area contributed by atoms with Crippen LogP contribution in [0.1, 0.15) is 12.1 Å². The van der Waals surface area contributed by atoms with Gasteiger partial charge in [-0.2, -0.15) is 0 Å². The third-order valence-electron chi connectivity index (χ3n) is 1.88. The quantitative estimate of drug-likeness (QED) is 0.612. The van der Waals surface area contributed by atoms with Gasteiger partial charge in [-0.1, -0.05) is 0 Å². The van der Waals surface area contributed by atoms with Crippen LogP contribution in [0.2, 0.25) is 0 Å². The molecule has 0 bridgehead atoms. The average molecular weight is 228 g/mol. The Morgan fingerprint density at radius 3 is 2.53 bits per heavy atom. The number of rotatable bonds is 5. The third kappa shape index (κ3) is 3.55. The Morgan fingerprint density at radius 2 is 2.13 bits per heavy atom. The summed E-state index contributed by atoms with van der Waals surface area (Å²) in [5, 5.41) is 2.15. The van der Waals surface area contributed by atoms with Gasteiger partial charge in [-0.3, -0.25) is 9.59 Å². The number of hydrogen-bond donors (Lipinski definition) is 3. The number of hydrogen-bond acceptors (Lipinski definition) is 5. The number of primary amides is 2. The van der Waals surface area contributed by atoms with Gasteiger partial charge in [0, 0.05) is 18.2 Å². The lowest BCUT2D eigenvalue weighted by Gasteiger charge is -2.08. The first-order valence-electron chi connectivity index (χ1n) is 4.26. The van der Waals surface area contributed by atoms with Crippen LogP contribution in [-0.2, 0) is 16.0 Å². The van der Waals surface area contributed by atoms with E-state index in [4.69, 9.17) is 17.2 Å². The van der Waals surface area contributed by atoms with E-state index in [0.717, 1.165) is 0 Å². The van der Waals surface area contributed by atoms with Crippen LogP contribution in [-0.4, -0.2) is 16.8 Å². The normalized spacial score (nSPS) is 12.3. The fourth-order valence-electron chi connectivity index (χ4n) is 1.19. The zero-order valence-corrected chi connectivity index (χ0v) is 8.79.